The SMILES string of the molecule is CC=N/C(=C\C)CN(Cc1ccccn1)Cc1ccc(CC(=O)NC2=CC=C(B(O)C(CCCS)CC(=O)O)CC2)cn1. The van der Waals surface area contributed by atoms with Crippen molar-refractivity contribution in [3.8, 4) is 0 Å². The van der Waals surface area contributed by atoms with Crippen molar-refractivity contribution < 1.29 is 19.7 Å². The Balaban J connectivity index is 1.57. The van der Waals surface area contributed by atoms with Crippen LogP contribution in [0.15, 0.2) is 82.8 Å². The number of carbonyl (C=O) groups excluding carboxylic acids is 1. The number of allylic oxidation sites excluding steroid dienone is 5. The number of pyridine rings is 2. The van der Waals surface area contributed by atoms with Crippen LogP contribution in [0.2, 0.25) is 5.82 Å². The van der Waals surface area contributed by atoms with Gasteiger partial charge in [0.1, 0.15) is 0 Å². The highest BCUT2D eigenvalue weighted by Crippen LogP contribution is 2.29. The highest BCUT2D eigenvalue weighted by molar-refractivity contribution is 7.80. The van der Waals surface area contributed by atoms with Crippen molar-refractivity contribution in [2.45, 2.75) is 71.3 Å². The molecule has 1 aliphatic carbocycles. The Morgan fingerprint density at radius 2 is 1.93 bits per heavy atom. The molecule has 0 aliphatic heterocycles. The Morgan fingerprint density at radius 3 is 2.51 bits per heavy atom. The van der Waals surface area contributed by atoms with Crippen LogP contribution in [-0.2, 0) is 29.1 Å². The quantitative estimate of drug-likeness (QED) is 0.116. The molecule has 43 heavy (non-hydrogen) atoms. The number of nitrogens with zero attached hydrogens (tertiary/aromatic N) is 4. The molecule has 1 aliphatic rings. The van der Waals surface area contributed by atoms with Gasteiger partial charge >= 0.3 is 12.9 Å². The van der Waals surface area contributed by atoms with Crippen molar-refractivity contribution in [1.82, 2.24) is 20.2 Å². The maximum absolute atomic E-state index is 12.8. The first-order chi connectivity index (χ1) is 20.8. The third-order valence-corrected chi connectivity index (χ3v) is 7.56. The summed E-state index contributed by atoms with van der Waals surface area (Å²) in [4.78, 5) is 39.8. The zero-order chi connectivity index (χ0) is 31.0. The van der Waals surface area contributed by atoms with E-state index in [1.165, 1.54) is 0 Å². The van der Waals surface area contributed by atoms with Crippen molar-refractivity contribution in [1.29, 1.82) is 0 Å². The molecule has 3 N–H and O–H groups in total. The van der Waals surface area contributed by atoms with Gasteiger partial charge in [-0.3, -0.25) is 29.4 Å². The summed E-state index contributed by atoms with van der Waals surface area (Å²) in [6, 6.07) is 9.76. The molecule has 0 saturated heterocycles. The molecule has 228 valence electrons. The zero-order valence-electron chi connectivity index (χ0n) is 25.0. The molecule has 11 heteroatoms. The number of aliphatic carboxylic acids is 1. The number of aliphatic imine (C=N–C) groups is 1. The van der Waals surface area contributed by atoms with E-state index in [1.54, 1.807) is 30.8 Å². The number of thiol groups is 1. The molecule has 2 aromatic rings. The Labute approximate surface area is 260 Å². The second kappa shape index (κ2) is 18.2. The monoisotopic (exact) mass is 603 g/mol. The topological polar surface area (TPSA) is 128 Å². The molecular formula is C32H42BN5O4S. The van der Waals surface area contributed by atoms with Crippen molar-refractivity contribution in [2.24, 2.45) is 4.99 Å². The van der Waals surface area contributed by atoms with Crippen molar-refractivity contribution in [3.63, 3.8) is 0 Å². The molecule has 0 aromatic carbocycles. The van der Waals surface area contributed by atoms with E-state index in [-0.39, 0.29) is 24.6 Å². The van der Waals surface area contributed by atoms with Crippen LogP contribution in [0, 0.1) is 0 Å². The van der Waals surface area contributed by atoms with Gasteiger partial charge in [-0.1, -0.05) is 36.2 Å². The molecule has 1 atom stereocenters. The molecule has 0 fully saturated rings. The number of carboxylic acids is 1. The van der Waals surface area contributed by atoms with Crippen molar-refractivity contribution in [3.05, 3.63) is 94.8 Å². The summed E-state index contributed by atoms with van der Waals surface area (Å²) in [5.74, 6) is -0.764. The van der Waals surface area contributed by atoms with Crippen molar-refractivity contribution >= 4 is 37.6 Å². The van der Waals surface area contributed by atoms with E-state index in [4.69, 9.17) is 0 Å². The largest absolute Gasteiger partial charge is 0.481 e. The third kappa shape index (κ3) is 11.9. The van der Waals surface area contributed by atoms with E-state index in [2.05, 4.69) is 37.8 Å². The fourth-order valence-corrected chi connectivity index (χ4v) is 5.22. The van der Waals surface area contributed by atoms with Gasteiger partial charge in [0.25, 0.3) is 0 Å². The molecule has 3 rings (SSSR count). The lowest BCUT2D eigenvalue weighted by molar-refractivity contribution is -0.137. The van der Waals surface area contributed by atoms with Gasteiger partial charge in [-0.05, 0) is 74.5 Å². The number of carboxylic acid groups (broad SMARTS) is 1. The molecule has 9 nitrogen and oxygen atoms in total. The molecule has 2 aromatic heterocycles. The number of amides is 1. The fraction of sp³-hybridized carbons (Fsp3) is 0.406. The first-order valence-electron chi connectivity index (χ1n) is 14.7. The normalized spacial score (nSPS) is 14.4. The fourth-order valence-electron chi connectivity index (χ4n) is 5.04. The Bertz CT molecular complexity index is 1310. The van der Waals surface area contributed by atoms with E-state index in [9.17, 15) is 19.7 Å². The molecule has 2 heterocycles. The zero-order valence-corrected chi connectivity index (χ0v) is 25.9. The first kappa shape index (κ1) is 34.0. The standard InChI is InChI=1S/C32H42BN5O4S/c1-3-27(34-4-2)21-38(22-29-9-5-6-16-35-29)23-30-13-10-24(20-36-30)18-31(39)37-28-14-11-25(12-15-28)33(42)26(8-7-17-43)19-32(40)41/h3-6,9-11,13-14,16,20,26,42-43H,7-8,12,15,17-19,21-23H2,1-2H3,(H,37,39)(H,40,41)/b27-3-,34-4?. The number of hydrogen-bond donors (Lipinski definition) is 4. The highest BCUT2D eigenvalue weighted by Gasteiger charge is 2.30. The Hall–Kier alpha value is -3.54. The first-order valence-corrected chi connectivity index (χ1v) is 15.3. The van der Waals surface area contributed by atoms with Crippen LogP contribution in [0.3, 0.4) is 0 Å². The van der Waals surface area contributed by atoms with Gasteiger partial charge in [0, 0.05) is 56.1 Å². The maximum Gasteiger partial charge on any atom is 0.323 e. The summed E-state index contributed by atoms with van der Waals surface area (Å²) >= 11 is 4.21. The minimum absolute atomic E-state index is 0.0844. The second-order valence-electron chi connectivity index (χ2n) is 10.6. The molecule has 0 bridgehead atoms. The number of rotatable bonds is 17. The van der Waals surface area contributed by atoms with Gasteiger partial charge in [-0.15, -0.1) is 0 Å². The third-order valence-electron chi connectivity index (χ3n) is 7.24. The van der Waals surface area contributed by atoms with Crippen LogP contribution < -0.4 is 5.32 Å². The van der Waals surface area contributed by atoms with Crippen LogP contribution in [0.1, 0.15) is 62.9 Å². The van der Waals surface area contributed by atoms with E-state index in [1.807, 2.05) is 50.3 Å². The molecule has 1 unspecified atom stereocenters. The summed E-state index contributed by atoms with van der Waals surface area (Å²) in [5.41, 5.74) is 5.20. The predicted molar refractivity (Wildman–Crippen MR) is 175 cm³/mol. The van der Waals surface area contributed by atoms with Gasteiger partial charge in [0.2, 0.25) is 5.91 Å². The van der Waals surface area contributed by atoms with Crippen LogP contribution >= 0.6 is 12.6 Å². The minimum atomic E-state index is -0.920. The van der Waals surface area contributed by atoms with Crippen LogP contribution in [0.4, 0.5) is 0 Å². The van der Waals surface area contributed by atoms with Gasteiger partial charge in [-0.2, -0.15) is 12.6 Å². The lowest BCUT2D eigenvalue weighted by atomic mass is 9.47. The summed E-state index contributed by atoms with van der Waals surface area (Å²) in [5, 5.41) is 23.0. The lowest BCUT2D eigenvalue weighted by Gasteiger charge is -2.23. The molecule has 1 amide bonds. The van der Waals surface area contributed by atoms with E-state index in [0.717, 1.165) is 40.2 Å². The van der Waals surface area contributed by atoms with Crippen molar-refractivity contribution in [2.75, 3.05) is 12.3 Å². The van der Waals surface area contributed by atoms with Crippen LogP contribution in [0.5, 0.6) is 0 Å². The van der Waals surface area contributed by atoms with Crippen LogP contribution in [-0.4, -0.2) is 62.3 Å². The van der Waals surface area contributed by atoms with Gasteiger partial charge < -0.3 is 15.4 Å². The lowest BCUT2D eigenvalue weighted by Crippen LogP contribution is -2.29. The molecular weight excluding hydrogens is 561 g/mol. The highest BCUT2D eigenvalue weighted by atomic mass is 32.1. The summed E-state index contributed by atoms with van der Waals surface area (Å²) < 4.78 is 0. The number of carbonyl (C=O) groups is 2. The molecule has 0 radical (unpaired) electrons. The van der Waals surface area contributed by atoms with E-state index in [0.29, 0.717) is 44.6 Å². The van der Waals surface area contributed by atoms with Gasteiger partial charge in [0.05, 0.1) is 17.8 Å². The molecule has 0 spiro atoms. The molecule has 0 saturated carbocycles. The maximum atomic E-state index is 12.8. The van der Waals surface area contributed by atoms with Gasteiger partial charge in [0.15, 0.2) is 0 Å². The second-order valence-corrected chi connectivity index (χ2v) is 11.1. The van der Waals surface area contributed by atoms with E-state index < -0.39 is 12.9 Å². The summed E-state index contributed by atoms with van der Waals surface area (Å²) in [7, 11) is 0. The van der Waals surface area contributed by atoms with Crippen LogP contribution in [0.25, 0.3) is 0 Å². The Kier molecular flexibility index (Phi) is 14.4. The number of aromatic nitrogens is 2. The minimum Gasteiger partial charge on any atom is -0.481 e. The average Bonchev–Trinajstić information content (AvgIpc) is 3.00. The summed E-state index contributed by atoms with van der Waals surface area (Å²) in [6.45, 7) is 4.97. The predicted octanol–water partition coefficient (Wildman–Crippen LogP) is 4.81. The smallest absolute Gasteiger partial charge is 0.323 e. The van der Waals surface area contributed by atoms with E-state index >= 15 is 0 Å². The number of nitrogens with one attached hydrogen (secondary N) is 1. The number of hydrogen-bond acceptors (Lipinski definition) is 8. The average molecular weight is 604 g/mol. The Morgan fingerprint density at radius 1 is 1.14 bits per heavy atom. The van der Waals surface area contributed by atoms with Gasteiger partial charge in [-0.25, -0.2) is 0 Å². The summed E-state index contributed by atoms with van der Waals surface area (Å²) in [6.07, 6.45) is 13.5.